The highest BCUT2D eigenvalue weighted by atomic mass is 16.4. The van der Waals surface area contributed by atoms with Crippen molar-refractivity contribution in [2.24, 2.45) is 0 Å². The summed E-state index contributed by atoms with van der Waals surface area (Å²) in [6.07, 6.45) is 4.26. The number of hydrogen-bond acceptors (Lipinski definition) is 3. The quantitative estimate of drug-likeness (QED) is 0.612. The Morgan fingerprint density at radius 3 is 2.88 bits per heavy atom. The van der Waals surface area contributed by atoms with Gasteiger partial charge in [0.15, 0.2) is 0 Å². The average Bonchev–Trinajstić information content (AvgIpc) is 2.77. The number of rotatable bonds is 6. The molecule has 2 amide bonds. The van der Waals surface area contributed by atoms with Crippen LogP contribution in [0.3, 0.4) is 0 Å². The maximum absolute atomic E-state index is 11.2. The molecule has 1 aromatic heterocycles. The van der Waals surface area contributed by atoms with E-state index < -0.39 is 18.0 Å². The zero-order chi connectivity index (χ0) is 12.7. The van der Waals surface area contributed by atoms with Gasteiger partial charge in [-0.05, 0) is 19.4 Å². The minimum Gasteiger partial charge on any atom is -0.480 e. The summed E-state index contributed by atoms with van der Waals surface area (Å²) in [4.78, 5) is 21.7. The minimum absolute atomic E-state index is 0.470. The van der Waals surface area contributed by atoms with Gasteiger partial charge >= 0.3 is 12.0 Å². The monoisotopic (exact) mass is 240 g/mol. The molecular formula is C10H16N4O3. The number of carboxylic acid groups (broad SMARTS) is 1. The Kier molecular flexibility index (Phi) is 4.99. The van der Waals surface area contributed by atoms with Crippen molar-refractivity contribution >= 4 is 12.0 Å². The van der Waals surface area contributed by atoms with Crippen LogP contribution < -0.4 is 10.6 Å². The number of amides is 2. The van der Waals surface area contributed by atoms with E-state index in [1.807, 2.05) is 12.3 Å². The molecule has 17 heavy (non-hydrogen) atoms. The maximum Gasteiger partial charge on any atom is 0.325 e. The normalized spacial score (nSPS) is 11.8. The van der Waals surface area contributed by atoms with Gasteiger partial charge in [-0.25, -0.2) is 4.79 Å². The first kappa shape index (κ1) is 13.0. The molecule has 0 radical (unpaired) electrons. The van der Waals surface area contributed by atoms with Gasteiger partial charge in [-0.2, -0.15) is 5.10 Å². The van der Waals surface area contributed by atoms with Crippen molar-refractivity contribution in [1.29, 1.82) is 0 Å². The van der Waals surface area contributed by atoms with Gasteiger partial charge in [0, 0.05) is 25.5 Å². The molecule has 3 N–H and O–H groups in total. The third-order valence-corrected chi connectivity index (χ3v) is 2.13. The summed E-state index contributed by atoms with van der Waals surface area (Å²) in [6, 6.07) is 0.468. The van der Waals surface area contributed by atoms with Crippen molar-refractivity contribution in [3.8, 4) is 0 Å². The van der Waals surface area contributed by atoms with Crippen LogP contribution >= 0.6 is 0 Å². The molecule has 0 aliphatic rings. The van der Waals surface area contributed by atoms with Crippen LogP contribution in [0.2, 0.25) is 0 Å². The van der Waals surface area contributed by atoms with E-state index in [1.165, 1.54) is 6.92 Å². The van der Waals surface area contributed by atoms with Gasteiger partial charge in [-0.1, -0.05) is 0 Å². The van der Waals surface area contributed by atoms with Gasteiger partial charge in [-0.3, -0.25) is 9.48 Å². The average molecular weight is 240 g/mol. The van der Waals surface area contributed by atoms with E-state index in [0.717, 1.165) is 6.42 Å². The van der Waals surface area contributed by atoms with Crippen molar-refractivity contribution in [3.05, 3.63) is 18.5 Å². The van der Waals surface area contributed by atoms with E-state index in [0.29, 0.717) is 13.1 Å². The second-order valence-corrected chi connectivity index (χ2v) is 3.58. The van der Waals surface area contributed by atoms with Gasteiger partial charge in [0.1, 0.15) is 6.04 Å². The SMILES string of the molecule is CC(NC(=O)NCCCn1cccn1)C(=O)O. The molecule has 0 saturated carbocycles. The van der Waals surface area contributed by atoms with Crippen LogP contribution in [0.25, 0.3) is 0 Å². The summed E-state index contributed by atoms with van der Waals surface area (Å²) < 4.78 is 1.76. The molecule has 0 aliphatic carbocycles. The topological polar surface area (TPSA) is 96.3 Å². The van der Waals surface area contributed by atoms with Gasteiger partial charge < -0.3 is 15.7 Å². The predicted molar refractivity (Wildman–Crippen MR) is 60.5 cm³/mol. The Hall–Kier alpha value is -2.05. The first-order chi connectivity index (χ1) is 8.09. The van der Waals surface area contributed by atoms with E-state index in [4.69, 9.17) is 5.11 Å². The lowest BCUT2D eigenvalue weighted by Crippen LogP contribution is -2.44. The Labute approximate surface area is 98.8 Å². The summed E-state index contributed by atoms with van der Waals surface area (Å²) in [5, 5.41) is 17.5. The summed E-state index contributed by atoms with van der Waals surface area (Å²) >= 11 is 0. The minimum atomic E-state index is -1.06. The lowest BCUT2D eigenvalue weighted by atomic mass is 10.3. The number of carbonyl (C=O) groups is 2. The zero-order valence-electron chi connectivity index (χ0n) is 9.59. The summed E-state index contributed by atoms with van der Waals surface area (Å²) in [6.45, 7) is 2.59. The molecule has 0 aliphatic heterocycles. The smallest absolute Gasteiger partial charge is 0.325 e. The Balaban J connectivity index is 2.10. The molecule has 1 atom stereocenters. The van der Waals surface area contributed by atoms with E-state index in [2.05, 4.69) is 15.7 Å². The van der Waals surface area contributed by atoms with Crippen LogP contribution in [-0.2, 0) is 11.3 Å². The number of aromatic nitrogens is 2. The van der Waals surface area contributed by atoms with E-state index >= 15 is 0 Å². The first-order valence-electron chi connectivity index (χ1n) is 5.34. The van der Waals surface area contributed by atoms with Crippen LogP contribution in [-0.4, -0.2) is 39.5 Å². The molecule has 7 nitrogen and oxygen atoms in total. The Morgan fingerprint density at radius 1 is 1.53 bits per heavy atom. The highest BCUT2D eigenvalue weighted by Crippen LogP contribution is 1.88. The van der Waals surface area contributed by atoms with Crippen LogP contribution in [0.1, 0.15) is 13.3 Å². The molecule has 1 unspecified atom stereocenters. The van der Waals surface area contributed by atoms with Crippen LogP contribution in [0.15, 0.2) is 18.5 Å². The fraction of sp³-hybridized carbons (Fsp3) is 0.500. The fourth-order valence-corrected chi connectivity index (χ4v) is 1.19. The largest absolute Gasteiger partial charge is 0.480 e. The Bertz CT molecular complexity index is 364. The zero-order valence-corrected chi connectivity index (χ0v) is 9.59. The lowest BCUT2D eigenvalue weighted by Gasteiger charge is -2.10. The van der Waals surface area contributed by atoms with Crippen molar-refractivity contribution in [3.63, 3.8) is 0 Å². The second-order valence-electron chi connectivity index (χ2n) is 3.58. The molecule has 0 saturated heterocycles. The number of aliphatic carboxylic acids is 1. The van der Waals surface area contributed by atoms with E-state index in [1.54, 1.807) is 10.9 Å². The van der Waals surface area contributed by atoms with Crippen molar-refractivity contribution in [2.75, 3.05) is 6.54 Å². The number of urea groups is 1. The molecule has 0 aromatic carbocycles. The summed E-state index contributed by atoms with van der Waals surface area (Å²) in [7, 11) is 0. The van der Waals surface area contributed by atoms with Gasteiger partial charge in [0.05, 0.1) is 0 Å². The molecule has 0 fully saturated rings. The van der Waals surface area contributed by atoms with Crippen molar-refractivity contribution in [2.45, 2.75) is 25.9 Å². The molecule has 1 rings (SSSR count). The third kappa shape index (κ3) is 5.01. The Morgan fingerprint density at radius 2 is 2.29 bits per heavy atom. The second kappa shape index (κ2) is 6.51. The first-order valence-corrected chi connectivity index (χ1v) is 5.34. The van der Waals surface area contributed by atoms with E-state index in [9.17, 15) is 9.59 Å². The molecule has 0 bridgehead atoms. The number of nitrogens with zero attached hydrogens (tertiary/aromatic N) is 2. The molecule has 1 heterocycles. The van der Waals surface area contributed by atoms with Crippen LogP contribution in [0.5, 0.6) is 0 Å². The number of aryl methyl sites for hydroxylation is 1. The molecule has 0 spiro atoms. The van der Waals surface area contributed by atoms with Crippen LogP contribution in [0.4, 0.5) is 4.79 Å². The molecule has 94 valence electrons. The van der Waals surface area contributed by atoms with Gasteiger partial charge in [0.2, 0.25) is 0 Å². The number of carbonyl (C=O) groups excluding carboxylic acids is 1. The fourth-order valence-electron chi connectivity index (χ4n) is 1.19. The third-order valence-electron chi connectivity index (χ3n) is 2.13. The predicted octanol–water partition coefficient (Wildman–Crippen LogP) is 0.0455. The van der Waals surface area contributed by atoms with Gasteiger partial charge in [0.25, 0.3) is 0 Å². The molecule has 7 heteroatoms. The number of hydrogen-bond donors (Lipinski definition) is 3. The standard InChI is InChI=1S/C10H16N4O3/c1-8(9(15)16)13-10(17)11-4-2-6-14-7-3-5-12-14/h3,5,7-8H,2,4,6H2,1H3,(H,15,16)(H2,11,13,17). The highest BCUT2D eigenvalue weighted by Gasteiger charge is 2.12. The van der Waals surface area contributed by atoms with Crippen molar-refractivity contribution in [1.82, 2.24) is 20.4 Å². The summed E-state index contributed by atoms with van der Waals surface area (Å²) in [5.41, 5.74) is 0. The highest BCUT2D eigenvalue weighted by molar-refractivity contribution is 5.82. The number of nitrogens with one attached hydrogen (secondary N) is 2. The molecule has 1 aromatic rings. The lowest BCUT2D eigenvalue weighted by molar-refractivity contribution is -0.138. The van der Waals surface area contributed by atoms with Crippen molar-refractivity contribution < 1.29 is 14.7 Å². The van der Waals surface area contributed by atoms with Gasteiger partial charge in [-0.15, -0.1) is 0 Å². The van der Waals surface area contributed by atoms with E-state index in [-0.39, 0.29) is 0 Å². The van der Waals surface area contributed by atoms with Crippen LogP contribution in [0, 0.1) is 0 Å². The maximum atomic E-state index is 11.2. The number of carboxylic acids is 1. The molecular weight excluding hydrogens is 224 g/mol. The summed E-state index contributed by atoms with van der Waals surface area (Å²) in [5.74, 6) is -1.06.